The zero-order valence-corrected chi connectivity index (χ0v) is 11.4. The molecule has 3 rings (SSSR count). The standard InChI is InChI=1S/C13H12N6O2/c1-8-6-12(16-21-8)13(20)14-10-4-3-5-11(7-10)19-9(2)15-17-18-19/h3-7H,1-2H3,(H,14,20). The molecule has 2 aromatic heterocycles. The number of aromatic nitrogens is 5. The van der Waals surface area contributed by atoms with Gasteiger partial charge in [-0.2, -0.15) is 4.68 Å². The molecule has 0 bridgehead atoms. The Kier molecular flexibility index (Phi) is 3.19. The van der Waals surface area contributed by atoms with Crippen LogP contribution in [0.5, 0.6) is 0 Å². The van der Waals surface area contributed by atoms with Gasteiger partial charge in [0, 0.05) is 11.8 Å². The van der Waals surface area contributed by atoms with Crippen LogP contribution in [-0.2, 0) is 0 Å². The first-order valence-electron chi connectivity index (χ1n) is 6.23. The molecule has 1 aromatic carbocycles. The fourth-order valence-electron chi connectivity index (χ4n) is 1.85. The Bertz CT molecular complexity index is 791. The topological polar surface area (TPSA) is 98.7 Å². The minimum atomic E-state index is -0.336. The summed E-state index contributed by atoms with van der Waals surface area (Å²) in [6.45, 7) is 3.52. The summed E-state index contributed by atoms with van der Waals surface area (Å²) in [5, 5.41) is 17.7. The third-order valence-electron chi connectivity index (χ3n) is 2.83. The van der Waals surface area contributed by atoms with E-state index in [1.807, 2.05) is 6.07 Å². The molecule has 0 saturated heterocycles. The second-order valence-electron chi connectivity index (χ2n) is 4.47. The average Bonchev–Trinajstić information content (AvgIpc) is 3.08. The van der Waals surface area contributed by atoms with Gasteiger partial charge in [-0.25, -0.2) is 0 Å². The highest BCUT2D eigenvalue weighted by atomic mass is 16.5. The van der Waals surface area contributed by atoms with Crippen LogP contribution < -0.4 is 5.32 Å². The Morgan fingerprint density at radius 3 is 2.81 bits per heavy atom. The predicted octanol–water partition coefficient (Wildman–Crippen LogP) is 1.52. The summed E-state index contributed by atoms with van der Waals surface area (Å²) in [5.41, 5.74) is 1.61. The Hall–Kier alpha value is -3.03. The Balaban J connectivity index is 1.84. The number of carbonyl (C=O) groups excluding carboxylic acids is 1. The van der Waals surface area contributed by atoms with E-state index in [1.165, 1.54) is 0 Å². The van der Waals surface area contributed by atoms with Crippen LogP contribution >= 0.6 is 0 Å². The Morgan fingerprint density at radius 1 is 1.29 bits per heavy atom. The van der Waals surface area contributed by atoms with Crippen LogP contribution in [0.15, 0.2) is 34.9 Å². The summed E-state index contributed by atoms with van der Waals surface area (Å²) < 4.78 is 6.46. The molecule has 1 amide bonds. The SMILES string of the molecule is Cc1cc(C(=O)Nc2cccc(-n3nnnc3C)c2)no1. The van der Waals surface area contributed by atoms with Crippen molar-refractivity contribution in [3.63, 3.8) is 0 Å². The van der Waals surface area contributed by atoms with E-state index >= 15 is 0 Å². The first kappa shape index (κ1) is 13.0. The molecule has 0 aliphatic carbocycles. The van der Waals surface area contributed by atoms with Crippen molar-refractivity contribution in [1.29, 1.82) is 0 Å². The largest absolute Gasteiger partial charge is 0.361 e. The molecule has 106 valence electrons. The molecule has 21 heavy (non-hydrogen) atoms. The highest BCUT2D eigenvalue weighted by molar-refractivity contribution is 6.02. The maximum Gasteiger partial charge on any atom is 0.277 e. The predicted molar refractivity (Wildman–Crippen MR) is 73.1 cm³/mol. The van der Waals surface area contributed by atoms with Gasteiger partial charge in [0.1, 0.15) is 5.76 Å². The third kappa shape index (κ3) is 2.64. The quantitative estimate of drug-likeness (QED) is 0.782. The monoisotopic (exact) mass is 284 g/mol. The van der Waals surface area contributed by atoms with E-state index in [4.69, 9.17) is 4.52 Å². The number of carbonyl (C=O) groups is 1. The van der Waals surface area contributed by atoms with Crippen LogP contribution in [0, 0.1) is 13.8 Å². The highest BCUT2D eigenvalue weighted by Gasteiger charge is 2.12. The molecular weight excluding hydrogens is 272 g/mol. The van der Waals surface area contributed by atoms with Crippen LogP contribution in [0.3, 0.4) is 0 Å². The first-order valence-corrected chi connectivity index (χ1v) is 6.23. The van der Waals surface area contributed by atoms with Crippen molar-refractivity contribution in [2.75, 3.05) is 5.32 Å². The van der Waals surface area contributed by atoms with Crippen molar-refractivity contribution < 1.29 is 9.32 Å². The highest BCUT2D eigenvalue weighted by Crippen LogP contribution is 2.15. The number of nitrogens with zero attached hydrogens (tertiary/aromatic N) is 5. The second-order valence-corrected chi connectivity index (χ2v) is 4.47. The first-order chi connectivity index (χ1) is 10.1. The molecule has 3 aromatic rings. The summed E-state index contributed by atoms with van der Waals surface area (Å²) in [6.07, 6.45) is 0. The molecule has 0 saturated carbocycles. The summed E-state index contributed by atoms with van der Waals surface area (Å²) in [7, 11) is 0. The van der Waals surface area contributed by atoms with E-state index in [1.54, 1.807) is 42.8 Å². The number of anilines is 1. The summed E-state index contributed by atoms with van der Waals surface area (Å²) in [4.78, 5) is 12.0. The zero-order chi connectivity index (χ0) is 14.8. The maximum absolute atomic E-state index is 12.0. The molecule has 0 aliphatic rings. The Morgan fingerprint density at radius 2 is 2.14 bits per heavy atom. The molecule has 0 radical (unpaired) electrons. The average molecular weight is 284 g/mol. The molecule has 0 unspecified atom stereocenters. The lowest BCUT2D eigenvalue weighted by molar-refractivity contribution is 0.101. The van der Waals surface area contributed by atoms with Gasteiger partial charge in [0.05, 0.1) is 5.69 Å². The lowest BCUT2D eigenvalue weighted by Crippen LogP contribution is -2.12. The van der Waals surface area contributed by atoms with Crippen LogP contribution in [-0.4, -0.2) is 31.3 Å². The molecule has 1 N–H and O–H groups in total. The fourth-order valence-corrected chi connectivity index (χ4v) is 1.85. The lowest BCUT2D eigenvalue weighted by Gasteiger charge is -2.06. The second kappa shape index (κ2) is 5.16. The van der Waals surface area contributed by atoms with Crippen molar-refractivity contribution in [3.05, 3.63) is 47.6 Å². The third-order valence-corrected chi connectivity index (χ3v) is 2.83. The van der Waals surface area contributed by atoms with Gasteiger partial charge < -0.3 is 9.84 Å². The van der Waals surface area contributed by atoms with Gasteiger partial charge in [0.15, 0.2) is 11.5 Å². The van der Waals surface area contributed by atoms with Gasteiger partial charge in [-0.3, -0.25) is 4.79 Å². The van der Waals surface area contributed by atoms with Gasteiger partial charge in [0.25, 0.3) is 5.91 Å². The van der Waals surface area contributed by atoms with E-state index in [-0.39, 0.29) is 11.6 Å². The number of rotatable bonds is 3. The normalized spacial score (nSPS) is 10.6. The van der Waals surface area contributed by atoms with Crippen LogP contribution in [0.2, 0.25) is 0 Å². The molecule has 2 heterocycles. The van der Waals surface area contributed by atoms with Crippen LogP contribution in [0.4, 0.5) is 5.69 Å². The minimum absolute atomic E-state index is 0.233. The minimum Gasteiger partial charge on any atom is -0.361 e. The Labute approximate surface area is 119 Å². The van der Waals surface area contributed by atoms with Crippen molar-refractivity contribution >= 4 is 11.6 Å². The number of amides is 1. The summed E-state index contributed by atoms with van der Waals surface area (Å²) in [5.74, 6) is 0.904. The number of nitrogens with one attached hydrogen (secondary N) is 1. The summed E-state index contributed by atoms with van der Waals surface area (Å²) >= 11 is 0. The molecular formula is C13H12N6O2. The summed E-state index contributed by atoms with van der Waals surface area (Å²) in [6, 6.07) is 8.77. The van der Waals surface area contributed by atoms with Crippen molar-refractivity contribution in [2.24, 2.45) is 0 Å². The van der Waals surface area contributed by atoms with Gasteiger partial charge >= 0.3 is 0 Å². The van der Waals surface area contributed by atoms with Gasteiger partial charge in [-0.05, 0) is 42.5 Å². The van der Waals surface area contributed by atoms with E-state index in [0.29, 0.717) is 17.3 Å². The molecule has 8 nitrogen and oxygen atoms in total. The molecule has 0 fully saturated rings. The van der Waals surface area contributed by atoms with Crippen LogP contribution in [0.1, 0.15) is 22.1 Å². The van der Waals surface area contributed by atoms with Crippen molar-refractivity contribution in [3.8, 4) is 5.69 Å². The number of hydrogen-bond acceptors (Lipinski definition) is 6. The number of hydrogen-bond donors (Lipinski definition) is 1. The van der Waals surface area contributed by atoms with E-state index in [2.05, 4.69) is 26.0 Å². The number of aryl methyl sites for hydroxylation is 2. The molecule has 0 aliphatic heterocycles. The van der Waals surface area contributed by atoms with E-state index in [9.17, 15) is 4.79 Å². The molecule has 8 heteroatoms. The van der Waals surface area contributed by atoms with Gasteiger partial charge in [-0.15, -0.1) is 5.10 Å². The van der Waals surface area contributed by atoms with Gasteiger partial charge in [-0.1, -0.05) is 11.2 Å². The van der Waals surface area contributed by atoms with E-state index in [0.717, 1.165) is 5.69 Å². The van der Waals surface area contributed by atoms with Crippen molar-refractivity contribution in [2.45, 2.75) is 13.8 Å². The van der Waals surface area contributed by atoms with Crippen LogP contribution in [0.25, 0.3) is 5.69 Å². The maximum atomic E-state index is 12.0. The molecule has 0 spiro atoms. The van der Waals surface area contributed by atoms with E-state index < -0.39 is 0 Å². The zero-order valence-electron chi connectivity index (χ0n) is 11.4. The fraction of sp³-hybridized carbons (Fsp3) is 0.154. The van der Waals surface area contributed by atoms with Gasteiger partial charge in [0.2, 0.25) is 0 Å². The van der Waals surface area contributed by atoms with Crippen molar-refractivity contribution in [1.82, 2.24) is 25.4 Å². The lowest BCUT2D eigenvalue weighted by atomic mass is 10.2. The number of tetrazole rings is 1. The number of benzene rings is 1. The smallest absolute Gasteiger partial charge is 0.277 e. The molecule has 0 atom stereocenters.